The predicted octanol–water partition coefficient (Wildman–Crippen LogP) is 4.94. The maximum Gasteiger partial charge on any atom is 0.225 e. The fraction of sp³-hybridized carbons (Fsp3) is 0.250. The Labute approximate surface area is 152 Å². The predicted molar refractivity (Wildman–Crippen MR) is 103 cm³/mol. The molecule has 0 aliphatic carbocycles. The van der Waals surface area contributed by atoms with Crippen molar-refractivity contribution in [3.63, 3.8) is 0 Å². The lowest BCUT2D eigenvalue weighted by Crippen LogP contribution is -2.16. The van der Waals surface area contributed by atoms with E-state index in [1.807, 2.05) is 30.3 Å². The number of halogens is 1. The second kappa shape index (κ2) is 7.91. The quantitative estimate of drug-likeness (QED) is 0.658. The molecule has 0 unspecified atom stereocenters. The van der Waals surface area contributed by atoms with Gasteiger partial charge in [-0.1, -0.05) is 19.1 Å². The smallest absolute Gasteiger partial charge is 0.225 e. The molecule has 1 aromatic carbocycles. The van der Waals surface area contributed by atoms with Crippen molar-refractivity contribution in [3.8, 4) is 11.4 Å². The van der Waals surface area contributed by atoms with Crippen molar-refractivity contribution in [1.82, 2.24) is 15.0 Å². The van der Waals surface area contributed by atoms with Crippen LogP contribution in [0.5, 0.6) is 0 Å². The van der Waals surface area contributed by atoms with Gasteiger partial charge in [-0.25, -0.2) is 9.37 Å². The number of nitrogens with one attached hydrogen (secondary N) is 2. The largest absolute Gasteiger partial charge is 0.352 e. The maximum atomic E-state index is 13.8. The molecular weight excluding hydrogens is 329 g/mol. The maximum absolute atomic E-state index is 13.8. The Morgan fingerprint density at radius 2 is 1.92 bits per heavy atom. The Morgan fingerprint density at radius 3 is 2.65 bits per heavy atom. The van der Waals surface area contributed by atoms with E-state index in [2.05, 4.69) is 39.4 Å². The first kappa shape index (κ1) is 17.8. The van der Waals surface area contributed by atoms with Gasteiger partial charge >= 0.3 is 0 Å². The number of benzene rings is 1. The second-order valence-electron chi connectivity index (χ2n) is 6.17. The summed E-state index contributed by atoms with van der Waals surface area (Å²) in [5, 5.41) is 6.49. The molecule has 0 amide bonds. The number of aromatic nitrogens is 3. The average Bonchev–Trinajstić information content (AvgIpc) is 2.66. The molecule has 0 saturated heterocycles. The Morgan fingerprint density at radius 1 is 1.08 bits per heavy atom. The van der Waals surface area contributed by atoms with Crippen molar-refractivity contribution >= 4 is 17.5 Å². The molecule has 26 heavy (non-hydrogen) atoms. The number of hydrogen-bond donors (Lipinski definition) is 2. The minimum Gasteiger partial charge on any atom is -0.352 e. The van der Waals surface area contributed by atoms with E-state index in [-0.39, 0.29) is 11.9 Å². The Hall–Kier alpha value is -3.02. The highest BCUT2D eigenvalue weighted by molar-refractivity contribution is 5.66. The SMILES string of the molecule is CC[C@H](C)Nc1nc(Nc2cccc(F)c2C)cc(-c2ccccn2)n1. The molecule has 0 radical (unpaired) electrons. The summed E-state index contributed by atoms with van der Waals surface area (Å²) in [7, 11) is 0. The molecule has 2 heterocycles. The van der Waals surface area contributed by atoms with Gasteiger partial charge in [-0.05, 0) is 44.5 Å². The summed E-state index contributed by atoms with van der Waals surface area (Å²) in [6.45, 7) is 5.90. The summed E-state index contributed by atoms with van der Waals surface area (Å²) in [4.78, 5) is 13.5. The molecule has 1 atom stereocenters. The molecule has 134 valence electrons. The van der Waals surface area contributed by atoms with Gasteiger partial charge in [0, 0.05) is 29.6 Å². The number of nitrogens with zero attached hydrogens (tertiary/aromatic N) is 3. The van der Waals surface area contributed by atoms with Crippen LogP contribution in [-0.4, -0.2) is 21.0 Å². The van der Waals surface area contributed by atoms with Gasteiger partial charge in [0.2, 0.25) is 5.95 Å². The Bertz CT molecular complexity index is 883. The number of rotatable bonds is 6. The summed E-state index contributed by atoms with van der Waals surface area (Å²) >= 11 is 0. The van der Waals surface area contributed by atoms with Crippen molar-refractivity contribution in [3.05, 3.63) is 60.0 Å². The Balaban J connectivity index is 2.00. The van der Waals surface area contributed by atoms with Gasteiger partial charge in [0.25, 0.3) is 0 Å². The van der Waals surface area contributed by atoms with Gasteiger partial charge < -0.3 is 10.6 Å². The Kier molecular flexibility index (Phi) is 5.41. The molecule has 0 bridgehead atoms. The van der Waals surface area contributed by atoms with Gasteiger partial charge in [0.15, 0.2) is 0 Å². The first-order valence-corrected chi connectivity index (χ1v) is 8.66. The molecule has 0 saturated carbocycles. The van der Waals surface area contributed by atoms with E-state index in [1.54, 1.807) is 19.2 Å². The van der Waals surface area contributed by atoms with E-state index in [9.17, 15) is 4.39 Å². The zero-order valence-corrected chi connectivity index (χ0v) is 15.1. The zero-order chi connectivity index (χ0) is 18.5. The first-order chi connectivity index (χ1) is 12.6. The molecular formula is C20H22FN5. The number of hydrogen-bond acceptors (Lipinski definition) is 5. The summed E-state index contributed by atoms with van der Waals surface area (Å²) < 4.78 is 13.8. The third-order valence-electron chi connectivity index (χ3n) is 4.17. The van der Waals surface area contributed by atoms with Crippen LogP contribution in [0.15, 0.2) is 48.7 Å². The second-order valence-corrected chi connectivity index (χ2v) is 6.17. The van der Waals surface area contributed by atoms with Crippen LogP contribution in [0.3, 0.4) is 0 Å². The molecule has 6 heteroatoms. The van der Waals surface area contributed by atoms with E-state index in [1.165, 1.54) is 6.07 Å². The summed E-state index contributed by atoms with van der Waals surface area (Å²) in [5.41, 5.74) is 2.66. The topological polar surface area (TPSA) is 62.7 Å². The molecule has 5 nitrogen and oxygen atoms in total. The number of anilines is 3. The third-order valence-corrected chi connectivity index (χ3v) is 4.17. The van der Waals surface area contributed by atoms with Gasteiger partial charge in [0.05, 0.1) is 11.4 Å². The lowest BCUT2D eigenvalue weighted by molar-refractivity contribution is 0.619. The highest BCUT2D eigenvalue weighted by atomic mass is 19.1. The van der Waals surface area contributed by atoms with Crippen molar-refractivity contribution in [1.29, 1.82) is 0 Å². The van der Waals surface area contributed by atoms with E-state index in [0.29, 0.717) is 28.7 Å². The van der Waals surface area contributed by atoms with Crippen LogP contribution in [0, 0.1) is 12.7 Å². The van der Waals surface area contributed by atoms with Gasteiger partial charge in [-0.3, -0.25) is 4.98 Å². The van der Waals surface area contributed by atoms with Gasteiger partial charge in [-0.2, -0.15) is 4.98 Å². The summed E-state index contributed by atoms with van der Waals surface area (Å²) in [6, 6.07) is 12.6. The van der Waals surface area contributed by atoms with Crippen LogP contribution in [-0.2, 0) is 0 Å². The van der Waals surface area contributed by atoms with E-state index in [4.69, 9.17) is 0 Å². The van der Waals surface area contributed by atoms with Crippen molar-refractivity contribution < 1.29 is 4.39 Å². The minimum atomic E-state index is -0.257. The molecule has 3 rings (SSSR count). The van der Waals surface area contributed by atoms with Crippen LogP contribution >= 0.6 is 0 Å². The van der Waals surface area contributed by atoms with E-state index >= 15 is 0 Å². The molecule has 0 spiro atoms. The molecule has 2 aromatic heterocycles. The standard InChI is InChI=1S/C20H22FN5/c1-4-13(2)23-20-25-18(17-9-5-6-11-22-17)12-19(26-20)24-16-10-7-8-15(21)14(16)3/h5-13H,4H2,1-3H3,(H2,23,24,25,26)/t13-/m0/s1. The summed E-state index contributed by atoms with van der Waals surface area (Å²) in [6.07, 6.45) is 2.67. The molecule has 3 aromatic rings. The van der Waals surface area contributed by atoms with Crippen LogP contribution < -0.4 is 10.6 Å². The lowest BCUT2D eigenvalue weighted by atomic mass is 10.2. The van der Waals surface area contributed by atoms with Crippen LogP contribution in [0.2, 0.25) is 0 Å². The molecule has 0 fully saturated rings. The molecule has 2 N–H and O–H groups in total. The van der Waals surface area contributed by atoms with Crippen LogP contribution in [0.4, 0.5) is 21.8 Å². The molecule has 0 aliphatic rings. The highest BCUT2D eigenvalue weighted by Crippen LogP contribution is 2.25. The van der Waals surface area contributed by atoms with Crippen LogP contribution in [0.1, 0.15) is 25.8 Å². The van der Waals surface area contributed by atoms with Crippen molar-refractivity contribution in [2.45, 2.75) is 33.2 Å². The van der Waals surface area contributed by atoms with Gasteiger partial charge in [0.1, 0.15) is 11.6 Å². The minimum absolute atomic E-state index is 0.234. The van der Waals surface area contributed by atoms with E-state index < -0.39 is 0 Å². The number of pyridine rings is 1. The average molecular weight is 351 g/mol. The van der Waals surface area contributed by atoms with Crippen molar-refractivity contribution in [2.75, 3.05) is 10.6 Å². The monoisotopic (exact) mass is 351 g/mol. The zero-order valence-electron chi connectivity index (χ0n) is 15.1. The van der Waals surface area contributed by atoms with Crippen molar-refractivity contribution in [2.24, 2.45) is 0 Å². The molecule has 0 aliphatic heterocycles. The first-order valence-electron chi connectivity index (χ1n) is 8.66. The normalized spacial score (nSPS) is 11.8. The van der Waals surface area contributed by atoms with Crippen LogP contribution in [0.25, 0.3) is 11.4 Å². The fourth-order valence-electron chi connectivity index (χ4n) is 2.42. The van der Waals surface area contributed by atoms with Gasteiger partial charge in [-0.15, -0.1) is 0 Å². The summed E-state index contributed by atoms with van der Waals surface area (Å²) in [5.74, 6) is 0.839. The third kappa shape index (κ3) is 4.14. The fourth-order valence-corrected chi connectivity index (χ4v) is 2.42. The highest BCUT2D eigenvalue weighted by Gasteiger charge is 2.11. The van der Waals surface area contributed by atoms with E-state index in [0.717, 1.165) is 12.1 Å². The lowest BCUT2D eigenvalue weighted by Gasteiger charge is -2.15.